The molecule has 0 amide bonds. The number of nitrogens with one attached hydrogen (secondary N) is 2. The van der Waals surface area contributed by atoms with Crippen LogP contribution in [0, 0.1) is 5.92 Å². The smallest absolute Gasteiger partial charge is 0.0931 e. The topological polar surface area (TPSA) is 24.1 Å². The van der Waals surface area contributed by atoms with Gasteiger partial charge in [-0.15, -0.1) is 11.3 Å². The molecule has 1 aromatic rings. The molecule has 2 unspecified atom stereocenters. The molecule has 0 aliphatic carbocycles. The molecular weight excluding hydrogens is 216 g/mol. The molecule has 1 aliphatic heterocycles. The lowest BCUT2D eigenvalue weighted by Crippen LogP contribution is -2.23. The van der Waals surface area contributed by atoms with Gasteiger partial charge in [-0.2, -0.15) is 0 Å². The maximum atomic E-state index is 5.95. The van der Waals surface area contributed by atoms with Crippen LogP contribution in [0.1, 0.15) is 10.8 Å². The predicted molar refractivity (Wildman–Crippen MR) is 62.4 cm³/mol. The maximum Gasteiger partial charge on any atom is 0.0931 e. The number of rotatable bonds is 3. The van der Waals surface area contributed by atoms with E-state index < -0.39 is 0 Å². The molecule has 2 heterocycles. The van der Waals surface area contributed by atoms with Gasteiger partial charge in [-0.25, -0.2) is 0 Å². The minimum absolute atomic E-state index is 0.639. The van der Waals surface area contributed by atoms with Gasteiger partial charge in [0.1, 0.15) is 0 Å². The Morgan fingerprint density at radius 3 is 3.07 bits per heavy atom. The minimum atomic E-state index is 0.639. The highest BCUT2D eigenvalue weighted by atomic mass is 35.5. The third-order valence-corrected chi connectivity index (χ3v) is 4.13. The van der Waals surface area contributed by atoms with Crippen molar-refractivity contribution < 1.29 is 0 Å². The third kappa shape index (κ3) is 2.11. The molecule has 2 N–H and O–H groups in total. The largest absolute Gasteiger partial charge is 0.319 e. The van der Waals surface area contributed by atoms with Crippen molar-refractivity contribution in [1.29, 1.82) is 0 Å². The second-order valence-electron chi connectivity index (χ2n) is 3.72. The summed E-state index contributed by atoms with van der Waals surface area (Å²) in [4.78, 5) is 1.42. The van der Waals surface area contributed by atoms with Crippen LogP contribution >= 0.6 is 22.9 Å². The number of thiophene rings is 1. The van der Waals surface area contributed by atoms with Gasteiger partial charge >= 0.3 is 0 Å². The van der Waals surface area contributed by atoms with Crippen LogP contribution in [0.5, 0.6) is 0 Å². The van der Waals surface area contributed by atoms with Crippen molar-refractivity contribution >= 4 is 22.9 Å². The first-order valence-electron chi connectivity index (χ1n) is 4.92. The van der Waals surface area contributed by atoms with E-state index in [0.29, 0.717) is 11.8 Å². The van der Waals surface area contributed by atoms with Gasteiger partial charge in [0.25, 0.3) is 0 Å². The maximum absolute atomic E-state index is 5.95. The Kier molecular flexibility index (Phi) is 3.44. The standard InChI is InChI=1S/C10H15ClN2S/c1-12-4-7-5-13-6-8(7)9-2-3-10(11)14-9/h2-3,7-8,12-13H,4-6H2,1H3. The molecule has 2 rings (SSSR count). The Morgan fingerprint density at radius 2 is 2.43 bits per heavy atom. The van der Waals surface area contributed by atoms with E-state index in [1.54, 1.807) is 11.3 Å². The van der Waals surface area contributed by atoms with Gasteiger partial charge < -0.3 is 10.6 Å². The molecule has 1 aliphatic rings. The van der Waals surface area contributed by atoms with Crippen molar-refractivity contribution in [3.8, 4) is 0 Å². The van der Waals surface area contributed by atoms with Crippen LogP contribution < -0.4 is 10.6 Å². The third-order valence-electron chi connectivity index (χ3n) is 2.77. The van der Waals surface area contributed by atoms with E-state index in [4.69, 9.17) is 11.6 Å². The van der Waals surface area contributed by atoms with Crippen molar-refractivity contribution in [2.24, 2.45) is 5.92 Å². The summed E-state index contributed by atoms with van der Waals surface area (Å²) in [5.41, 5.74) is 0. The van der Waals surface area contributed by atoms with Crippen molar-refractivity contribution in [3.63, 3.8) is 0 Å². The van der Waals surface area contributed by atoms with E-state index in [9.17, 15) is 0 Å². The van der Waals surface area contributed by atoms with Gasteiger partial charge in [-0.05, 0) is 38.2 Å². The summed E-state index contributed by atoms with van der Waals surface area (Å²) in [5, 5.41) is 6.69. The van der Waals surface area contributed by atoms with E-state index in [-0.39, 0.29) is 0 Å². The monoisotopic (exact) mass is 230 g/mol. The quantitative estimate of drug-likeness (QED) is 0.829. The van der Waals surface area contributed by atoms with Crippen LogP contribution in [0.4, 0.5) is 0 Å². The molecule has 1 fully saturated rings. The highest BCUT2D eigenvalue weighted by Gasteiger charge is 2.28. The van der Waals surface area contributed by atoms with Crippen LogP contribution in [0.3, 0.4) is 0 Å². The fourth-order valence-corrected chi connectivity index (χ4v) is 3.32. The molecule has 0 spiro atoms. The van der Waals surface area contributed by atoms with Crippen LogP contribution in [-0.4, -0.2) is 26.7 Å². The Hall–Kier alpha value is -0.0900. The predicted octanol–water partition coefficient (Wildman–Crippen LogP) is 1.92. The van der Waals surface area contributed by atoms with E-state index in [1.165, 1.54) is 4.88 Å². The highest BCUT2D eigenvalue weighted by Crippen LogP contribution is 2.34. The van der Waals surface area contributed by atoms with E-state index in [2.05, 4.69) is 16.7 Å². The second kappa shape index (κ2) is 4.62. The molecule has 2 nitrogen and oxygen atoms in total. The molecular formula is C10H15ClN2S. The van der Waals surface area contributed by atoms with Crippen LogP contribution in [-0.2, 0) is 0 Å². The molecule has 78 valence electrons. The average Bonchev–Trinajstić information content (AvgIpc) is 2.74. The summed E-state index contributed by atoms with van der Waals surface area (Å²) >= 11 is 7.66. The molecule has 4 heteroatoms. The molecule has 2 atom stereocenters. The Labute approximate surface area is 93.7 Å². The summed E-state index contributed by atoms with van der Waals surface area (Å²) in [6.07, 6.45) is 0. The zero-order valence-corrected chi connectivity index (χ0v) is 9.79. The molecule has 0 aromatic carbocycles. The molecule has 1 aromatic heterocycles. The van der Waals surface area contributed by atoms with Crippen LogP contribution in [0.25, 0.3) is 0 Å². The molecule has 14 heavy (non-hydrogen) atoms. The first-order chi connectivity index (χ1) is 6.81. The van der Waals surface area contributed by atoms with Gasteiger partial charge in [0, 0.05) is 17.3 Å². The first-order valence-corrected chi connectivity index (χ1v) is 6.11. The lowest BCUT2D eigenvalue weighted by molar-refractivity contribution is 0.497. The Balaban J connectivity index is 2.09. The fourth-order valence-electron chi connectivity index (χ4n) is 2.07. The highest BCUT2D eigenvalue weighted by molar-refractivity contribution is 7.16. The van der Waals surface area contributed by atoms with Gasteiger partial charge in [0.15, 0.2) is 0 Å². The first kappa shape index (κ1) is 10.4. The zero-order valence-electron chi connectivity index (χ0n) is 8.22. The zero-order chi connectivity index (χ0) is 9.97. The lowest BCUT2D eigenvalue weighted by atomic mass is 9.94. The molecule has 0 bridgehead atoms. The summed E-state index contributed by atoms with van der Waals surface area (Å²) < 4.78 is 0.898. The van der Waals surface area contributed by atoms with Crippen molar-refractivity contribution in [2.45, 2.75) is 5.92 Å². The van der Waals surface area contributed by atoms with Gasteiger partial charge in [0.05, 0.1) is 4.34 Å². The van der Waals surface area contributed by atoms with Crippen LogP contribution in [0.2, 0.25) is 4.34 Å². The second-order valence-corrected chi connectivity index (χ2v) is 5.47. The van der Waals surface area contributed by atoms with Gasteiger partial charge in [-0.3, -0.25) is 0 Å². The summed E-state index contributed by atoms with van der Waals surface area (Å²) in [6.45, 7) is 3.28. The SMILES string of the molecule is CNCC1CNCC1c1ccc(Cl)s1. The summed E-state index contributed by atoms with van der Waals surface area (Å²) in [6, 6.07) is 4.16. The van der Waals surface area contributed by atoms with Crippen molar-refractivity contribution in [1.82, 2.24) is 10.6 Å². The average molecular weight is 231 g/mol. The molecule has 1 saturated heterocycles. The summed E-state index contributed by atoms with van der Waals surface area (Å²) in [7, 11) is 2.01. The normalized spacial score (nSPS) is 27.0. The van der Waals surface area contributed by atoms with Crippen molar-refractivity contribution in [3.05, 3.63) is 21.3 Å². The minimum Gasteiger partial charge on any atom is -0.319 e. The Morgan fingerprint density at radius 1 is 1.57 bits per heavy atom. The van der Waals surface area contributed by atoms with Gasteiger partial charge in [-0.1, -0.05) is 11.6 Å². The van der Waals surface area contributed by atoms with E-state index in [0.717, 1.165) is 24.0 Å². The Bertz CT molecular complexity index is 300. The molecule has 0 saturated carbocycles. The number of halogens is 1. The number of hydrogen-bond donors (Lipinski definition) is 2. The fraction of sp³-hybridized carbons (Fsp3) is 0.600. The van der Waals surface area contributed by atoms with Crippen molar-refractivity contribution in [2.75, 3.05) is 26.7 Å². The molecule has 0 radical (unpaired) electrons. The van der Waals surface area contributed by atoms with E-state index in [1.807, 2.05) is 13.1 Å². The van der Waals surface area contributed by atoms with Gasteiger partial charge in [0.2, 0.25) is 0 Å². The summed E-state index contributed by atoms with van der Waals surface area (Å²) in [5.74, 6) is 1.34. The number of hydrogen-bond acceptors (Lipinski definition) is 3. The lowest BCUT2D eigenvalue weighted by Gasteiger charge is -2.16. The van der Waals surface area contributed by atoms with Crippen LogP contribution in [0.15, 0.2) is 12.1 Å². The van der Waals surface area contributed by atoms with E-state index >= 15 is 0 Å².